The second-order valence-corrected chi connectivity index (χ2v) is 7.99. The summed E-state index contributed by atoms with van der Waals surface area (Å²) in [5, 5.41) is 0. The quantitative estimate of drug-likeness (QED) is 0.538. The highest BCUT2D eigenvalue weighted by molar-refractivity contribution is 5.29. The Morgan fingerprint density at radius 2 is 1.52 bits per heavy atom. The van der Waals surface area contributed by atoms with Crippen molar-refractivity contribution < 1.29 is 9.13 Å². The van der Waals surface area contributed by atoms with Crippen molar-refractivity contribution in [1.82, 2.24) is 0 Å². The molecule has 25 heavy (non-hydrogen) atoms. The fraction of sp³-hybridized carbons (Fsp3) is 0.652. The van der Waals surface area contributed by atoms with Crippen LogP contribution in [0, 0.1) is 17.8 Å². The smallest absolute Gasteiger partial charge is 0.119 e. The highest BCUT2D eigenvalue weighted by atomic mass is 19.1. The zero-order valence-electron chi connectivity index (χ0n) is 15.6. The molecule has 1 nitrogen and oxygen atoms in total. The number of ether oxygens (including phenoxy) is 1. The number of hydrogen-bond acceptors (Lipinski definition) is 1. The lowest BCUT2D eigenvalue weighted by Crippen LogP contribution is -2.25. The maximum Gasteiger partial charge on any atom is 0.119 e. The Labute approximate surface area is 152 Å². The molecule has 0 aliphatic heterocycles. The molecule has 3 rings (SSSR count). The average Bonchev–Trinajstić information content (AvgIpc) is 2.68. The first-order chi connectivity index (χ1) is 12.3. The van der Waals surface area contributed by atoms with Crippen molar-refractivity contribution in [2.75, 3.05) is 6.61 Å². The second-order valence-electron chi connectivity index (χ2n) is 7.99. The third-order valence-corrected chi connectivity index (χ3v) is 6.55. The van der Waals surface area contributed by atoms with E-state index in [-0.39, 0.29) is 0 Å². The summed E-state index contributed by atoms with van der Waals surface area (Å²) in [7, 11) is 0. The zero-order chi connectivity index (χ0) is 17.5. The van der Waals surface area contributed by atoms with Gasteiger partial charge in [0, 0.05) is 0 Å². The van der Waals surface area contributed by atoms with E-state index in [4.69, 9.17) is 4.74 Å². The van der Waals surface area contributed by atoms with Gasteiger partial charge in [-0.05, 0) is 106 Å². The normalized spacial score (nSPS) is 30.5. The van der Waals surface area contributed by atoms with E-state index in [2.05, 4.69) is 24.3 Å². The van der Waals surface area contributed by atoms with Gasteiger partial charge < -0.3 is 4.74 Å². The lowest BCUT2D eigenvalue weighted by atomic mass is 9.68. The van der Waals surface area contributed by atoms with Gasteiger partial charge in [-0.2, -0.15) is 0 Å². The van der Waals surface area contributed by atoms with Gasteiger partial charge in [0.1, 0.15) is 5.75 Å². The summed E-state index contributed by atoms with van der Waals surface area (Å²) in [5.41, 5.74) is 1.49. The molecule has 0 bridgehead atoms. The fourth-order valence-corrected chi connectivity index (χ4v) is 5.07. The Morgan fingerprint density at radius 1 is 0.920 bits per heavy atom. The zero-order valence-corrected chi connectivity index (χ0v) is 15.6. The standard InChI is InChI=1S/C23H33FO/c1-2-25-23-15-13-22(14-16-23)21-11-9-20(10-12-21)19-7-5-18(6-8-19)4-3-17-24/h3,13-21H,2,4-12H2,1H3. The second kappa shape index (κ2) is 9.40. The summed E-state index contributed by atoms with van der Waals surface area (Å²) < 4.78 is 17.7. The van der Waals surface area contributed by atoms with Gasteiger partial charge in [0.2, 0.25) is 0 Å². The van der Waals surface area contributed by atoms with Crippen molar-refractivity contribution in [1.29, 1.82) is 0 Å². The lowest BCUT2D eigenvalue weighted by Gasteiger charge is -2.38. The third kappa shape index (κ3) is 5.09. The summed E-state index contributed by atoms with van der Waals surface area (Å²) >= 11 is 0. The molecule has 2 fully saturated rings. The predicted octanol–water partition coefficient (Wildman–Crippen LogP) is 7.04. The summed E-state index contributed by atoms with van der Waals surface area (Å²) in [4.78, 5) is 0. The molecular formula is C23H33FO. The average molecular weight is 345 g/mol. The number of hydrogen-bond donors (Lipinski definition) is 0. The molecule has 0 heterocycles. The summed E-state index contributed by atoms with van der Waals surface area (Å²) in [6.07, 6.45) is 14.1. The molecule has 2 aliphatic carbocycles. The van der Waals surface area contributed by atoms with Crippen LogP contribution in [0.2, 0.25) is 0 Å². The predicted molar refractivity (Wildman–Crippen MR) is 103 cm³/mol. The molecule has 1 aromatic carbocycles. The fourth-order valence-electron chi connectivity index (χ4n) is 5.07. The van der Waals surface area contributed by atoms with Crippen molar-refractivity contribution in [2.45, 2.75) is 70.6 Å². The molecule has 1 aromatic rings. The van der Waals surface area contributed by atoms with E-state index in [0.717, 1.165) is 42.4 Å². The van der Waals surface area contributed by atoms with Crippen LogP contribution in [0.4, 0.5) is 4.39 Å². The molecule has 0 radical (unpaired) electrons. The van der Waals surface area contributed by atoms with Crippen LogP contribution in [-0.2, 0) is 0 Å². The maximum atomic E-state index is 12.2. The molecule has 0 unspecified atom stereocenters. The van der Waals surface area contributed by atoms with Crippen molar-refractivity contribution in [2.24, 2.45) is 17.8 Å². The Hall–Kier alpha value is -1.31. The van der Waals surface area contributed by atoms with Crippen molar-refractivity contribution in [3.05, 3.63) is 42.2 Å². The first kappa shape index (κ1) is 18.5. The van der Waals surface area contributed by atoms with Gasteiger partial charge >= 0.3 is 0 Å². The molecule has 0 amide bonds. The van der Waals surface area contributed by atoms with Gasteiger partial charge in [-0.1, -0.05) is 18.2 Å². The molecular weight excluding hydrogens is 311 g/mol. The van der Waals surface area contributed by atoms with Crippen LogP contribution >= 0.6 is 0 Å². The Bertz CT molecular complexity index is 520. The Kier molecular flexibility index (Phi) is 6.95. The van der Waals surface area contributed by atoms with Crippen LogP contribution in [0.15, 0.2) is 36.7 Å². The summed E-state index contributed by atoms with van der Waals surface area (Å²) in [6.45, 7) is 2.76. The molecule has 2 saturated carbocycles. The van der Waals surface area contributed by atoms with E-state index in [9.17, 15) is 4.39 Å². The number of allylic oxidation sites excluding steroid dienone is 1. The molecule has 138 valence electrons. The van der Waals surface area contributed by atoms with Gasteiger partial charge in [-0.25, -0.2) is 4.39 Å². The van der Waals surface area contributed by atoms with E-state index in [1.165, 1.54) is 56.9 Å². The minimum absolute atomic E-state index is 0.717. The Balaban J connectivity index is 1.44. The van der Waals surface area contributed by atoms with E-state index in [1.54, 1.807) is 6.08 Å². The van der Waals surface area contributed by atoms with Crippen LogP contribution < -0.4 is 4.74 Å². The molecule has 0 spiro atoms. The number of halogens is 1. The molecule has 2 heteroatoms. The van der Waals surface area contributed by atoms with Gasteiger partial charge in [-0.15, -0.1) is 0 Å². The highest BCUT2D eigenvalue weighted by Crippen LogP contribution is 2.44. The molecule has 0 saturated heterocycles. The largest absolute Gasteiger partial charge is 0.494 e. The van der Waals surface area contributed by atoms with Gasteiger partial charge in [-0.3, -0.25) is 0 Å². The van der Waals surface area contributed by atoms with E-state index >= 15 is 0 Å². The minimum atomic E-state index is 0.717. The van der Waals surface area contributed by atoms with Crippen LogP contribution in [0.3, 0.4) is 0 Å². The van der Waals surface area contributed by atoms with E-state index in [0.29, 0.717) is 6.33 Å². The molecule has 0 aromatic heterocycles. The SMILES string of the molecule is CCOc1ccc(C2CCC(C3CCC(CC=CF)CC3)CC2)cc1. The van der Waals surface area contributed by atoms with Crippen LogP contribution in [0.1, 0.15) is 76.2 Å². The molecule has 0 N–H and O–H groups in total. The summed E-state index contributed by atoms with van der Waals surface area (Å²) in [5.74, 6) is 4.30. The molecule has 2 aliphatic rings. The first-order valence-electron chi connectivity index (χ1n) is 10.3. The van der Waals surface area contributed by atoms with Crippen LogP contribution in [0.25, 0.3) is 0 Å². The molecule has 0 atom stereocenters. The number of rotatable bonds is 6. The number of benzene rings is 1. The third-order valence-electron chi connectivity index (χ3n) is 6.55. The van der Waals surface area contributed by atoms with Gasteiger partial charge in [0.15, 0.2) is 0 Å². The first-order valence-corrected chi connectivity index (χ1v) is 10.3. The van der Waals surface area contributed by atoms with Crippen molar-refractivity contribution in [3.63, 3.8) is 0 Å². The van der Waals surface area contributed by atoms with Crippen LogP contribution in [-0.4, -0.2) is 6.61 Å². The van der Waals surface area contributed by atoms with Gasteiger partial charge in [0.25, 0.3) is 0 Å². The van der Waals surface area contributed by atoms with Crippen molar-refractivity contribution in [3.8, 4) is 5.75 Å². The highest BCUT2D eigenvalue weighted by Gasteiger charge is 2.31. The Morgan fingerprint density at radius 3 is 2.08 bits per heavy atom. The lowest BCUT2D eigenvalue weighted by molar-refractivity contribution is 0.160. The van der Waals surface area contributed by atoms with Crippen LogP contribution in [0.5, 0.6) is 5.75 Å². The minimum Gasteiger partial charge on any atom is -0.494 e. The van der Waals surface area contributed by atoms with Gasteiger partial charge in [0.05, 0.1) is 12.9 Å². The van der Waals surface area contributed by atoms with E-state index in [1.807, 2.05) is 6.92 Å². The van der Waals surface area contributed by atoms with Crippen molar-refractivity contribution >= 4 is 0 Å². The monoisotopic (exact) mass is 344 g/mol. The van der Waals surface area contributed by atoms with E-state index < -0.39 is 0 Å². The topological polar surface area (TPSA) is 9.23 Å². The maximum absolute atomic E-state index is 12.2. The summed E-state index contributed by atoms with van der Waals surface area (Å²) in [6, 6.07) is 8.77.